The van der Waals surface area contributed by atoms with E-state index in [1.54, 1.807) is 0 Å². The van der Waals surface area contributed by atoms with Gasteiger partial charge < -0.3 is 9.84 Å². The van der Waals surface area contributed by atoms with Crippen LogP contribution in [0.5, 0.6) is 0 Å². The zero-order valence-corrected chi connectivity index (χ0v) is 13.7. The summed E-state index contributed by atoms with van der Waals surface area (Å²) in [5.41, 5.74) is 2.22. The fraction of sp³-hybridized carbons (Fsp3) is 0.300. The predicted molar refractivity (Wildman–Crippen MR) is 91.6 cm³/mol. The van der Waals surface area contributed by atoms with Crippen molar-refractivity contribution in [2.75, 3.05) is 7.11 Å². The molecule has 0 radical (unpaired) electrons. The van der Waals surface area contributed by atoms with Gasteiger partial charge in [-0.3, -0.25) is 4.79 Å². The number of ether oxygens (including phenoxy) is 1. The topological polar surface area (TPSA) is 63.6 Å². The summed E-state index contributed by atoms with van der Waals surface area (Å²) in [5, 5.41) is 9.74. The van der Waals surface area contributed by atoms with Crippen LogP contribution < -0.4 is 0 Å². The number of Topliss-reactive ketones (excluding diaryl/α,β-unsaturated/α-hetero) is 1. The van der Waals surface area contributed by atoms with Crippen molar-refractivity contribution in [2.45, 2.75) is 31.3 Å². The van der Waals surface area contributed by atoms with Gasteiger partial charge in [-0.25, -0.2) is 4.79 Å². The highest BCUT2D eigenvalue weighted by molar-refractivity contribution is 6.01. The van der Waals surface area contributed by atoms with Gasteiger partial charge in [0.15, 0.2) is 5.78 Å². The summed E-state index contributed by atoms with van der Waals surface area (Å²) in [6.45, 7) is 0. The van der Waals surface area contributed by atoms with Crippen LogP contribution in [0, 0.1) is 0 Å². The fourth-order valence-electron chi connectivity index (χ4n) is 2.69. The van der Waals surface area contributed by atoms with Crippen LogP contribution >= 0.6 is 0 Å². The minimum atomic E-state index is -1.71. The molecule has 0 saturated heterocycles. The molecule has 0 unspecified atom stereocenters. The molecule has 0 amide bonds. The highest BCUT2D eigenvalue weighted by Gasteiger charge is 2.27. The van der Waals surface area contributed by atoms with E-state index in [9.17, 15) is 14.7 Å². The third-order valence-corrected chi connectivity index (χ3v) is 4.07. The van der Waals surface area contributed by atoms with Gasteiger partial charge >= 0.3 is 5.97 Å². The summed E-state index contributed by atoms with van der Waals surface area (Å²) in [5.74, 6) is -1.48. The maximum absolute atomic E-state index is 12.2. The van der Waals surface area contributed by atoms with Crippen LogP contribution in [0.2, 0.25) is 0 Å². The van der Waals surface area contributed by atoms with Gasteiger partial charge in [-0.05, 0) is 29.9 Å². The quantitative estimate of drug-likeness (QED) is 0.598. The van der Waals surface area contributed by atoms with E-state index in [0.29, 0.717) is 0 Å². The summed E-state index contributed by atoms with van der Waals surface area (Å²) in [7, 11) is 1.16. The summed E-state index contributed by atoms with van der Waals surface area (Å²) >= 11 is 0. The van der Waals surface area contributed by atoms with Crippen molar-refractivity contribution in [3.63, 3.8) is 0 Å². The minimum absolute atomic E-state index is 0.0572. The molecule has 0 heterocycles. The maximum Gasteiger partial charge on any atom is 0.342 e. The second-order valence-electron chi connectivity index (χ2n) is 5.73. The molecule has 1 N–H and O–H groups in total. The number of carbonyl (C=O) groups is 2. The minimum Gasteiger partial charge on any atom is -0.467 e. The van der Waals surface area contributed by atoms with Crippen LogP contribution in [0.25, 0.3) is 0 Å². The Balaban J connectivity index is 2.08. The zero-order valence-electron chi connectivity index (χ0n) is 13.7. The highest BCUT2D eigenvalue weighted by Crippen LogP contribution is 2.26. The van der Waals surface area contributed by atoms with E-state index in [0.717, 1.165) is 25.5 Å². The van der Waals surface area contributed by atoms with Crippen LogP contribution in [0.4, 0.5) is 0 Å². The Morgan fingerprint density at radius 2 is 1.58 bits per heavy atom. The van der Waals surface area contributed by atoms with E-state index in [1.807, 2.05) is 60.7 Å². The van der Waals surface area contributed by atoms with Crippen LogP contribution in [0.15, 0.2) is 60.7 Å². The van der Waals surface area contributed by atoms with Crippen LogP contribution in [0.1, 0.15) is 29.9 Å². The van der Waals surface area contributed by atoms with Gasteiger partial charge in [-0.1, -0.05) is 60.7 Å². The molecule has 126 valence electrons. The van der Waals surface area contributed by atoms with Gasteiger partial charge in [-0.2, -0.15) is 0 Å². The van der Waals surface area contributed by atoms with E-state index in [2.05, 4.69) is 4.74 Å². The SMILES string of the molecule is COC(=O)[C@@H](O)C(=O)C[C@H](CCc1ccccc1)c1ccccc1. The standard InChI is InChI=1S/C20H22O4/c1-24-20(23)19(22)18(21)14-17(16-10-6-3-7-11-16)13-12-15-8-4-2-5-9-15/h2-11,17,19,22H,12-14H2,1H3/t17-,19-/m0/s1. The third kappa shape index (κ3) is 5.03. The molecular weight excluding hydrogens is 304 g/mol. The second-order valence-corrected chi connectivity index (χ2v) is 5.73. The van der Waals surface area contributed by atoms with E-state index >= 15 is 0 Å². The molecule has 2 atom stereocenters. The molecule has 0 spiro atoms. The first-order valence-electron chi connectivity index (χ1n) is 7.99. The van der Waals surface area contributed by atoms with E-state index < -0.39 is 17.9 Å². The van der Waals surface area contributed by atoms with Gasteiger partial charge in [0.2, 0.25) is 6.10 Å². The van der Waals surface area contributed by atoms with Crippen molar-refractivity contribution in [1.82, 2.24) is 0 Å². The van der Waals surface area contributed by atoms with E-state index in [-0.39, 0.29) is 12.3 Å². The van der Waals surface area contributed by atoms with Crippen molar-refractivity contribution < 1.29 is 19.4 Å². The Hall–Kier alpha value is -2.46. The Labute approximate surface area is 142 Å². The number of esters is 1. The number of hydrogen-bond donors (Lipinski definition) is 1. The number of benzene rings is 2. The monoisotopic (exact) mass is 326 g/mol. The van der Waals surface area contributed by atoms with Crippen LogP contribution in [0.3, 0.4) is 0 Å². The number of aryl methyl sites for hydroxylation is 1. The molecule has 0 bridgehead atoms. The van der Waals surface area contributed by atoms with Gasteiger partial charge in [0.1, 0.15) is 0 Å². The normalized spacial score (nSPS) is 13.1. The lowest BCUT2D eigenvalue weighted by molar-refractivity contribution is -0.155. The van der Waals surface area contributed by atoms with Crippen LogP contribution in [-0.4, -0.2) is 30.1 Å². The van der Waals surface area contributed by atoms with Crippen molar-refractivity contribution >= 4 is 11.8 Å². The van der Waals surface area contributed by atoms with Crippen LogP contribution in [-0.2, 0) is 20.7 Å². The highest BCUT2D eigenvalue weighted by atomic mass is 16.5. The molecule has 0 aliphatic rings. The average molecular weight is 326 g/mol. The summed E-state index contributed by atoms with van der Waals surface area (Å²) < 4.78 is 4.44. The van der Waals surface area contributed by atoms with Crippen molar-refractivity contribution in [2.24, 2.45) is 0 Å². The largest absolute Gasteiger partial charge is 0.467 e. The number of carbonyl (C=O) groups excluding carboxylic acids is 2. The van der Waals surface area contributed by atoms with Gasteiger partial charge in [0.05, 0.1) is 7.11 Å². The molecule has 2 aromatic carbocycles. The zero-order chi connectivity index (χ0) is 17.4. The van der Waals surface area contributed by atoms with Crippen molar-refractivity contribution in [3.8, 4) is 0 Å². The second kappa shape index (κ2) is 8.99. The number of hydrogen-bond acceptors (Lipinski definition) is 4. The number of aliphatic hydroxyl groups is 1. The Bertz CT molecular complexity index is 652. The molecule has 4 heteroatoms. The number of rotatable bonds is 8. The first kappa shape index (κ1) is 17.9. The van der Waals surface area contributed by atoms with Crippen molar-refractivity contribution in [3.05, 3.63) is 71.8 Å². The molecule has 24 heavy (non-hydrogen) atoms. The van der Waals surface area contributed by atoms with E-state index in [4.69, 9.17) is 0 Å². The number of ketones is 1. The fourth-order valence-corrected chi connectivity index (χ4v) is 2.69. The molecule has 0 aliphatic carbocycles. The summed E-state index contributed by atoms with van der Waals surface area (Å²) in [4.78, 5) is 23.5. The Morgan fingerprint density at radius 1 is 1.00 bits per heavy atom. The van der Waals surface area contributed by atoms with E-state index in [1.165, 1.54) is 5.56 Å². The lowest BCUT2D eigenvalue weighted by Gasteiger charge is -2.18. The molecule has 4 nitrogen and oxygen atoms in total. The van der Waals surface area contributed by atoms with Gasteiger partial charge in [0, 0.05) is 6.42 Å². The molecular formula is C20H22O4. The third-order valence-electron chi connectivity index (χ3n) is 4.07. The lowest BCUT2D eigenvalue weighted by Crippen LogP contribution is -2.32. The molecule has 0 fully saturated rings. The molecule has 0 aromatic heterocycles. The number of methoxy groups -OCH3 is 1. The smallest absolute Gasteiger partial charge is 0.342 e. The molecule has 2 rings (SSSR count). The van der Waals surface area contributed by atoms with Gasteiger partial charge in [0.25, 0.3) is 0 Å². The summed E-state index contributed by atoms with van der Waals surface area (Å²) in [6.07, 6.45) is -0.0269. The van der Waals surface area contributed by atoms with Crippen molar-refractivity contribution in [1.29, 1.82) is 0 Å². The van der Waals surface area contributed by atoms with Gasteiger partial charge in [-0.15, -0.1) is 0 Å². The first-order chi connectivity index (χ1) is 11.6. The maximum atomic E-state index is 12.2. The first-order valence-corrected chi connectivity index (χ1v) is 7.99. The number of aliphatic hydroxyl groups excluding tert-OH is 1. The average Bonchev–Trinajstić information content (AvgIpc) is 2.65. The Morgan fingerprint density at radius 3 is 2.17 bits per heavy atom. The lowest BCUT2D eigenvalue weighted by atomic mass is 9.87. The summed E-state index contributed by atoms with van der Waals surface area (Å²) in [6, 6.07) is 19.7. The molecule has 2 aromatic rings. The predicted octanol–water partition coefficient (Wildman–Crippen LogP) is 2.90. The Kier molecular flexibility index (Phi) is 6.70. The molecule has 0 aliphatic heterocycles. The molecule has 0 saturated carbocycles.